The number of rotatable bonds is 17. The Hall–Kier alpha value is -3.69. The summed E-state index contributed by atoms with van der Waals surface area (Å²) >= 11 is 0. The van der Waals surface area contributed by atoms with Crippen LogP contribution in [-0.2, 0) is 22.5 Å². The largest absolute Gasteiger partial charge is 0.490 e. The van der Waals surface area contributed by atoms with Gasteiger partial charge in [0.05, 0.1) is 6.54 Å². The second-order valence-corrected chi connectivity index (χ2v) is 12.2. The Morgan fingerprint density at radius 1 is 0.844 bits per heavy atom. The lowest BCUT2D eigenvalue weighted by Crippen LogP contribution is -2.52. The number of nitrogens with two attached hydrogens (primary N) is 1. The number of hydrogen-bond acceptors (Lipinski definition) is 7. The van der Waals surface area contributed by atoms with Crippen LogP contribution in [0.4, 0.5) is 5.69 Å². The van der Waals surface area contributed by atoms with Crippen molar-refractivity contribution in [2.75, 3.05) is 57.7 Å². The Labute approximate surface area is 268 Å². The molecule has 8 nitrogen and oxygen atoms in total. The number of nitrogens with one attached hydrogen (secondary N) is 2. The van der Waals surface area contributed by atoms with Crippen LogP contribution in [0.5, 0.6) is 5.75 Å². The van der Waals surface area contributed by atoms with E-state index in [1.54, 1.807) is 0 Å². The summed E-state index contributed by atoms with van der Waals surface area (Å²) in [5, 5.41) is 6.75. The van der Waals surface area contributed by atoms with Gasteiger partial charge in [-0.3, -0.25) is 19.4 Å². The lowest BCUT2D eigenvalue weighted by atomic mass is 9.99. The molecule has 2 aliphatic rings. The molecule has 0 aromatic heterocycles. The molecule has 3 aromatic carbocycles. The summed E-state index contributed by atoms with van der Waals surface area (Å²) < 4.78 is 6.13. The first-order chi connectivity index (χ1) is 22.2. The van der Waals surface area contributed by atoms with Crippen molar-refractivity contribution in [1.82, 2.24) is 15.1 Å². The average Bonchev–Trinajstić information content (AvgIpc) is 3.08. The number of carbonyl (C=O) groups is 1. The lowest BCUT2D eigenvalue weighted by Gasteiger charge is -2.35. The molecule has 2 aliphatic heterocycles. The number of benzene rings is 3. The summed E-state index contributed by atoms with van der Waals surface area (Å²) in [5.41, 5.74) is 4.84. The smallest absolute Gasteiger partial charge is 0.234 e. The molecule has 1 atom stereocenters. The van der Waals surface area contributed by atoms with E-state index >= 15 is 0 Å². The van der Waals surface area contributed by atoms with Gasteiger partial charge >= 0.3 is 0 Å². The molecule has 1 saturated heterocycles. The number of piperazine rings is 1. The minimum absolute atomic E-state index is 0.124. The number of anilines is 1. The Bertz CT molecular complexity index is 1280. The van der Waals surface area contributed by atoms with Crippen LogP contribution in [0.2, 0.25) is 0 Å². The molecule has 1 unspecified atom stereocenters. The van der Waals surface area contributed by atoms with Crippen molar-refractivity contribution >= 4 is 17.7 Å². The van der Waals surface area contributed by atoms with Gasteiger partial charge in [-0.2, -0.15) is 0 Å². The van der Waals surface area contributed by atoms with E-state index in [0.29, 0.717) is 19.7 Å². The predicted octanol–water partition coefficient (Wildman–Crippen LogP) is 4.91. The first-order valence-electron chi connectivity index (χ1n) is 16.5. The highest BCUT2D eigenvalue weighted by atomic mass is 16.6. The molecule has 0 saturated carbocycles. The normalized spacial score (nSPS) is 15.8. The fourth-order valence-corrected chi connectivity index (χ4v) is 6.24. The summed E-state index contributed by atoms with van der Waals surface area (Å²) in [5.74, 6) is 6.62. The third-order valence-corrected chi connectivity index (χ3v) is 8.76. The second kappa shape index (κ2) is 17.7. The predicted molar refractivity (Wildman–Crippen MR) is 182 cm³/mol. The zero-order valence-electron chi connectivity index (χ0n) is 26.4. The summed E-state index contributed by atoms with van der Waals surface area (Å²) in [7, 11) is 0. The van der Waals surface area contributed by atoms with Crippen molar-refractivity contribution in [3.8, 4) is 5.75 Å². The first-order valence-corrected chi connectivity index (χ1v) is 16.5. The van der Waals surface area contributed by atoms with Gasteiger partial charge in [0.1, 0.15) is 18.5 Å². The fraction of sp³-hybridized carbons (Fsp3) is 0.432. The minimum Gasteiger partial charge on any atom is -0.490 e. The summed E-state index contributed by atoms with van der Waals surface area (Å²) in [4.78, 5) is 23.1. The van der Waals surface area contributed by atoms with Crippen LogP contribution in [0.25, 0.3) is 6.08 Å². The molecule has 1 fully saturated rings. The molecule has 0 spiro atoms. The summed E-state index contributed by atoms with van der Waals surface area (Å²) in [6, 6.07) is 27.4. The van der Waals surface area contributed by atoms with E-state index in [-0.39, 0.29) is 18.1 Å². The molecule has 8 heteroatoms. The van der Waals surface area contributed by atoms with E-state index in [1.807, 2.05) is 12.1 Å². The van der Waals surface area contributed by atoms with Gasteiger partial charge in [0.15, 0.2) is 0 Å². The van der Waals surface area contributed by atoms with E-state index in [1.165, 1.54) is 11.1 Å². The van der Waals surface area contributed by atoms with Gasteiger partial charge < -0.3 is 15.4 Å². The molecule has 1 amide bonds. The molecule has 4 N–H and O–H groups in total. The van der Waals surface area contributed by atoms with Crippen molar-refractivity contribution in [2.45, 2.75) is 50.7 Å². The topological polar surface area (TPSA) is 92.1 Å². The number of nitrogens with zero attached hydrogens (tertiary/aromatic N) is 2. The van der Waals surface area contributed by atoms with E-state index in [0.717, 1.165) is 88.2 Å². The van der Waals surface area contributed by atoms with Gasteiger partial charge in [-0.05, 0) is 61.8 Å². The van der Waals surface area contributed by atoms with Crippen molar-refractivity contribution in [1.29, 1.82) is 0 Å². The molecular weight excluding hydrogens is 562 g/mol. The molecule has 5 rings (SSSR count). The number of ether oxygens (including phenoxy) is 1. The van der Waals surface area contributed by atoms with Crippen LogP contribution in [0, 0.1) is 0 Å². The van der Waals surface area contributed by atoms with Crippen LogP contribution in [0.1, 0.15) is 42.4 Å². The maximum absolute atomic E-state index is 13.2. The molecular formula is C37H49N5O3. The van der Waals surface area contributed by atoms with E-state index in [9.17, 15) is 4.79 Å². The number of hydrogen-bond donors (Lipinski definition) is 3. The zero-order valence-corrected chi connectivity index (χ0v) is 26.4. The second-order valence-electron chi connectivity index (χ2n) is 12.2. The molecule has 45 heavy (non-hydrogen) atoms. The van der Waals surface area contributed by atoms with Gasteiger partial charge in [0.25, 0.3) is 0 Å². The Morgan fingerprint density at radius 2 is 1.49 bits per heavy atom. The fourth-order valence-electron chi connectivity index (χ4n) is 6.24. The van der Waals surface area contributed by atoms with Gasteiger partial charge in [-0.15, -0.1) is 0 Å². The van der Waals surface area contributed by atoms with Crippen molar-refractivity contribution in [3.63, 3.8) is 0 Å². The first kappa shape index (κ1) is 32.7. The third kappa shape index (κ3) is 10.7. The number of amides is 1. The highest BCUT2D eigenvalue weighted by Gasteiger charge is 2.23. The maximum Gasteiger partial charge on any atom is 0.234 e. The number of aryl methyl sites for hydroxylation is 2. The molecule has 240 valence electrons. The molecule has 0 bridgehead atoms. The van der Waals surface area contributed by atoms with E-state index in [4.69, 9.17) is 15.5 Å². The average molecular weight is 612 g/mol. The molecule has 2 heterocycles. The van der Waals surface area contributed by atoms with Crippen LogP contribution in [0.15, 0.2) is 84.9 Å². The Kier molecular flexibility index (Phi) is 12.9. The SMILES string of the molecule is NOC(COc1cccc2c1C=CCN2)CN1CCN(CC(=O)NC(CCCc2ccccc2)CCCc2ccccc2)CC1. The highest BCUT2D eigenvalue weighted by molar-refractivity contribution is 5.78. The summed E-state index contributed by atoms with van der Waals surface area (Å²) in [6.07, 6.45) is 10.1. The molecule has 0 aliphatic carbocycles. The van der Waals surface area contributed by atoms with Crippen molar-refractivity contribution in [3.05, 3.63) is 102 Å². The monoisotopic (exact) mass is 611 g/mol. The minimum atomic E-state index is -0.247. The zero-order chi connectivity index (χ0) is 31.1. The third-order valence-electron chi connectivity index (χ3n) is 8.76. The lowest BCUT2D eigenvalue weighted by molar-refractivity contribution is -0.123. The van der Waals surface area contributed by atoms with Crippen LogP contribution >= 0.6 is 0 Å². The molecule has 3 aromatic rings. The standard InChI is InChI=1S/C37H49N5O3/c38-45-33(29-44-36-21-9-20-35-34(36)19-10-22-39-35)27-41-23-25-42(26-24-41)28-37(43)40-32(17-7-15-30-11-3-1-4-12-30)18-8-16-31-13-5-2-6-14-31/h1-6,9-14,19-21,32-33,39H,7-8,15-18,22-29,38H2,(H,40,43). The van der Waals surface area contributed by atoms with Gasteiger partial charge in [-0.1, -0.05) is 78.9 Å². The van der Waals surface area contributed by atoms with Gasteiger partial charge in [-0.25, -0.2) is 5.90 Å². The number of carbonyl (C=O) groups excluding carboxylic acids is 1. The summed E-state index contributed by atoms with van der Waals surface area (Å²) in [6.45, 7) is 5.70. The van der Waals surface area contributed by atoms with E-state index < -0.39 is 0 Å². The van der Waals surface area contributed by atoms with Crippen molar-refractivity contribution in [2.24, 2.45) is 5.90 Å². The maximum atomic E-state index is 13.2. The van der Waals surface area contributed by atoms with Crippen LogP contribution < -0.4 is 21.3 Å². The highest BCUT2D eigenvalue weighted by Crippen LogP contribution is 2.30. The van der Waals surface area contributed by atoms with Gasteiger partial charge in [0, 0.05) is 56.6 Å². The van der Waals surface area contributed by atoms with Gasteiger partial charge in [0.2, 0.25) is 5.91 Å². The quantitative estimate of drug-likeness (QED) is 0.187. The van der Waals surface area contributed by atoms with Crippen LogP contribution in [-0.4, -0.2) is 80.3 Å². The van der Waals surface area contributed by atoms with Crippen LogP contribution in [0.3, 0.4) is 0 Å². The molecule has 0 radical (unpaired) electrons. The van der Waals surface area contributed by atoms with Crippen molar-refractivity contribution < 1.29 is 14.4 Å². The Balaban J connectivity index is 1.04. The Morgan fingerprint density at radius 3 is 2.13 bits per heavy atom. The van der Waals surface area contributed by atoms with E-state index in [2.05, 4.69) is 99.3 Å². The number of fused-ring (bicyclic) bond motifs is 1.